The Kier molecular flexibility index (Phi) is 5.02. The van der Waals surface area contributed by atoms with Crippen molar-refractivity contribution in [2.24, 2.45) is 7.05 Å². The molecule has 29 heavy (non-hydrogen) atoms. The van der Waals surface area contributed by atoms with Crippen molar-refractivity contribution < 1.29 is 4.79 Å². The zero-order chi connectivity index (χ0) is 20.4. The number of fused-ring (bicyclic) bond motifs is 1. The zero-order valence-corrected chi connectivity index (χ0v) is 16.9. The molecule has 3 aromatic heterocycles. The molecule has 0 fully saturated rings. The van der Waals surface area contributed by atoms with E-state index in [1.54, 1.807) is 11.3 Å². The molecule has 0 radical (unpaired) electrons. The summed E-state index contributed by atoms with van der Waals surface area (Å²) in [5.41, 5.74) is 11.0. The molecule has 0 aliphatic rings. The molecule has 0 spiro atoms. The van der Waals surface area contributed by atoms with Crippen molar-refractivity contribution >= 4 is 34.1 Å². The third kappa shape index (κ3) is 3.84. The molecule has 0 aliphatic heterocycles. The molecular weight excluding hydrogens is 382 g/mol. The number of nitrogens with one attached hydrogen (secondary N) is 1. The number of anilines is 1. The van der Waals surface area contributed by atoms with Crippen LogP contribution in [-0.4, -0.2) is 20.4 Å². The lowest BCUT2D eigenvalue weighted by molar-refractivity contribution is 0.0951. The minimum Gasteiger partial charge on any atom is -0.383 e. The fraction of sp³-hybridized carbons (Fsp3) is 0.136. The summed E-state index contributed by atoms with van der Waals surface area (Å²) in [6.07, 6.45) is 3.33. The Morgan fingerprint density at radius 2 is 2.07 bits per heavy atom. The molecule has 0 saturated carbocycles. The van der Waals surface area contributed by atoms with Crippen LogP contribution in [0.15, 0.2) is 47.5 Å². The highest BCUT2D eigenvalue weighted by Crippen LogP contribution is 2.22. The number of nitrogens with two attached hydrogens (primary N) is 1. The maximum Gasteiger partial charge on any atom is 0.251 e. The van der Waals surface area contributed by atoms with Gasteiger partial charge in [-0.2, -0.15) is 11.3 Å². The first-order valence-electron chi connectivity index (χ1n) is 9.00. The van der Waals surface area contributed by atoms with Crippen molar-refractivity contribution in [3.05, 3.63) is 75.4 Å². The molecular formula is C22H19N5OS. The zero-order valence-electron chi connectivity index (χ0n) is 16.1. The normalized spacial score (nSPS) is 10.6. The summed E-state index contributed by atoms with van der Waals surface area (Å²) in [5, 5.41) is 7.69. The Hall–Kier alpha value is -3.63. The van der Waals surface area contributed by atoms with Gasteiger partial charge in [0.1, 0.15) is 17.8 Å². The van der Waals surface area contributed by atoms with Crippen molar-refractivity contribution in [1.82, 2.24) is 19.9 Å². The van der Waals surface area contributed by atoms with Crippen LogP contribution >= 0.6 is 11.3 Å². The minimum atomic E-state index is -0.123. The van der Waals surface area contributed by atoms with E-state index in [1.165, 1.54) is 6.33 Å². The molecule has 3 heterocycles. The van der Waals surface area contributed by atoms with Gasteiger partial charge in [0.25, 0.3) is 5.91 Å². The van der Waals surface area contributed by atoms with Crippen LogP contribution in [0.5, 0.6) is 0 Å². The monoisotopic (exact) mass is 401 g/mol. The quantitative estimate of drug-likeness (QED) is 0.516. The van der Waals surface area contributed by atoms with Crippen molar-refractivity contribution in [1.29, 1.82) is 0 Å². The van der Waals surface area contributed by atoms with E-state index < -0.39 is 0 Å². The van der Waals surface area contributed by atoms with Gasteiger partial charge in [-0.05, 0) is 47.0 Å². The molecule has 6 nitrogen and oxygen atoms in total. The summed E-state index contributed by atoms with van der Waals surface area (Å²) in [4.78, 5) is 20.8. The Balaban J connectivity index is 1.62. The van der Waals surface area contributed by atoms with Crippen LogP contribution in [0.3, 0.4) is 0 Å². The molecule has 1 amide bonds. The first kappa shape index (κ1) is 18.7. The van der Waals surface area contributed by atoms with E-state index in [1.807, 2.05) is 59.8 Å². The predicted molar refractivity (Wildman–Crippen MR) is 116 cm³/mol. The lowest BCUT2D eigenvalue weighted by atomic mass is 10.0. The first-order valence-corrected chi connectivity index (χ1v) is 9.94. The highest BCUT2D eigenvalue weighted by Gasteiger charge is 2.11. The maximum absolute atomic E-state index is 12.5. The van der Waals surface area contributed by atoms with E-state index in [-0.39, 0.29) is 5.91 Å². The number of nitrogens with zero attached hydrogens (tertiary/aromatic N) is 3. The van der Waals surface area contributed by atoms with Gasteiger partial charge in [0.05, 0.1) is 10.9 Å². The van der Waals surface area contributed by atoms with Gasteiger partial charge in [0.15, 0.2) is 0 Å². The van der Waals surface area contributed by atoms with E-state index in [4.69, 9.17) is 5.73 Å². The Bertz CT molecular complexity index is 1260. The second-order valence-electron chi connectivity index (χ2n) is 6.71. The second-order valence-corrected chi connectivity index (χ2v) is 7.49. The summed E-state index contributed by atoms with van der Waals surface area (Å²) >= 11 is 1.61. The van der Waals surface area contributed by atoms with E-state index in [2.05, 4.69) is 27.1 Å². The number of amides is 1. The summed E-state index contributed by atoms with van der Waals surface area (Å²) in [6.45, 7) is 2.48. The second kappa shape index (κ2) is 7.78. The molecule has 0 atom stereocenters. The largest absolute Gasteiger partial charge is 0.383 e. The van der Waals surface area contributed by atoms with Gasteiger partial charge in [-0.1, -0.05) is 17.9 Å². The lowest BCUT2D eigenvalue weighted by Gasteiger charge is -2.06. The smallest absolute Gasteiger partial charge is 0.251 e. The minimum absolute atomic E-state index is 0.123. The standard InChI is InChI=1S/C22H19N5OS/c1-14-3-4-17(22(28)24-10-15-7-8-29-12-15)9-16(14)5-6-18-11-27(2)21-19(18)20(23)25-13-26-21/h3-4,7-9,11-13H,10H2,1-2H3,(H,24,28)(H2,23,25,26). The van der Waals surface area contributed by atoms with Crippen LogP contribution in [-0.2, 0) is 13.6 Å². The summed E-state index contributed by atoms with van der Waals surface area (Å²) < 4.78 is 1.87. The van der Waals surface area contributed by atoms with Gasteiger partial charge in [0, 0.05) is 30.9 Å². The van der Waals surface area contributed by atoms with Crippen molar-refractivity contribution in [3.63, 3.8) is 0 Å². The third-order valence-electron chi connectivity index (χ3n) is 4.65. The van der Waals surface area contributed by atoms with Crippen molar-refractivity contribution in [3.8, 4) is 11.8 Å². The maximum atomic E-state index is 12.5. The molecule has 7 heteroatoms. The average Bonchev–Trinajstić information content (AvgIpc) is 3.34. The molecule has 0 aliphatic carbocycles. The number of hydrogen-bond acceptors (Lipinski definition) is 5. The van der Waals surface area contributed by atoms with Crippen LogP contribution in [0.4, 0.5) is 5.82 Å². The number of hydrogen-bond donors (Lipinski definition) is 2. The van der Waals surface area contributed by atoms with Gasteiger partial charge in [-0.25, -0.2) is 9.97 Å². The van der Waals surface area contributed by atoms with Crippen LogP contribution in [0.1, 0.15) is 32.6 Å². The van der Waals surface area contributed by atoms with E-state index in [0.717, 1.165) is 33.3 Å². The Labute approximate surface area is 172 Å². The summed E-state index contributed by atoms with van der Waals surface area (Å²) in [6, 6.07) is 7.53. The predicted octanol–water partition coefficient (Wildman–Crippen LogP) is 3.25. The first-order chi connectivity index (χ1) is 14.0. The molecule has 0 bridgehead atoms. The van der Waals surface area contributed by atoms with Crippen LogP contribution < -0.4 is 11.1 Å². The summed E-state index contributed by atoms with van der Waals surface area (Å²) in [5.74, 6) is 6.62. The third-order valence-corrected chi connectivity index (χ3v) is 5.38. The lowest BCUT2D eigenvalue weighted by Crippen LogP contribution is -2.22. The number of carbonyl (C=O) groups is 1. The van der Waals surface area contributed by atoms with Crippen LogP contribution in [0.2, 0.25) is 0 Å². The Morgan fingerprint density at radius 3 is 2.86 bits per heavy atom. The molecule has 4 aromatic rings. The number of aromatic nitrogens is 3. The number of benzene rings is 1. The fourth-order valence-corrected chi connectivity index (χ4v) is 3.71. The van der Waals surface area contributed by atoms with E-state index in [9.17, 15) is 4.79 Å². The number of rotatable bonds is 3. The molecule has 144 valence electrons. The number of thiophene rings is 1. The van der Waals surface area contributed by atoms with Crippen molar-refractivity contribution in [2.75, 3.05) is 5.73 Å². The SMILES string of the molecule is Cc1ccc(C(=O)NCc2ccsc2)cc1C#Cc1cn(C)c2ncnc(N)c12. The fourth-order valence-electron chi connectivity index (χ4n) is 3.04. The summed E-state index contributed by atoms with van der Waals surface area (Å²) in [7, 11) is 1.89. The van der Waals surface area contributed by atoms with E-state index >= 15 is 0 Å². The molecule has 3 N–H and O–H groups in total. The van der Waals surface area contributed by atoms with Gasteiger partial charge >= 0.3 is 0 Å². The van der Waals surface area contributed by atoms with Gasteiger partial charge in [0.2, 0.25) is 0 Å². The highest BCUT2D eigenvalue weighted by atomic mass is 32.1. The molecule has 1 aromatic carbocycles. The number of aryl methyl sites for hydroxylation is 2. The highest BCUT2D eigenvalue weighted by molar-refractivity contribution is 7.07. The van der Waals surface area contributed by atoms with Gasteiger partial charge < -0.3 is 15.6 Å². The number of nitrogen functional groups attached to an aromatic ring is 1. The molecule has 0 unspecified atom stereocenters. The van der Waals surface area contributed by atoms with E-state index in [0.29, 0.717) is 17.9 Å². The molecule has 0 saturated heterocycles. The van der Waals surface area contributed by atoms with Crippen LogP contribution in [0, 0.1) is 18.8 Å². The van der Waals surface area contributed by atoms with Gasteiger partial charge in [-0.15, -0.1) is 0 Å². The number of carbonyl (C=O) groups excluding carboxylic acids is 1. The Morgan fingerprint density at radius 1 is 1.24 bits per heavy atom. The topological polar surface area (TPSA) is 85.8 Å². The average molecular weight is 401 g/mol. The van der Waals surface area contributed by atoms with Crippen LogP contribution in [0.25, 0.3) is 11.0 Å². The van der Waals surface area contributed by atoms with Crippen molar-refractivity contribution in [2.45, 2.75) is 13.5 Å². The van der Waals surface area contributed by atoms with Gasteiger partial charge in [-0.3, -0.25) is 4.79 Å². The molecule has 4 rings (SSSR count).